The highest BCUT2D eigenvalue weighted by molar-refractivity contribution is 7.91. The molecule has 0 N–H and O–H groups in total. The van der Waals surface area contributed by atoms with Crippen LogP contribution in [0.25, 0.3) is 0 Å². The lowest BCUT2D eigenvalue weighted by Gasteiger charge is -2.35. The standard InChI is InChI=1S/C18H18Cl2F3N3O2S/c19-14-2-3-15(20)16(11-14)29(27,28)10-9-25-5-7-26(8-6-25)17-4-1-13(12-24-17)18(21,22)23/h1-4,11-12H,5-10H2. The van der Waals surface area contributed by atoms with E-state index in [0.717, 1.165) is 12.3 Å². The van der Waals surface area contributed by atoms with Crippen LogP contribution in [-0.2, 0) is 16.0 Å². The molecular formula is C18H18Cl2F3N3O2S. The predicted octanol–water partition coefficient (Wildman–Crippen LogP) is 4.00. The molecule has 2 heterocycles. The number of pyridine rings is 1. The Hall–Kier alpha value is -1.55. The lowest BCUT2D eigenvalue weighted by molar-refractivity contribution is -0.137. The van der Waals surface area contributed by atoms with Crippen molar-refractivity contribution in [3.8, 4) is 0 Å². The van der Waals surface area contributed by atoms with Crippen LogP contribution in [0, 0.1) is 0 Å². The van der Waals surface area contributed by atoms with E-state index in [1.54, 1.807) is 0 Å². The molecule has 0 radical (unpaired) electrons. The van der Waals surface area contributed by atoms with Gasteiger partial charge in [-0.15, -0.1) is 0 Å². The number of aromatic nitrogens is 1. The van der Waals surface area contributed by atoms with Crippen LogP contribution in [-0.4, -0.2) is 56.8 Å². The highest BCUT2D eigenvalue weighted by atomic mass is 35.5. The van der Waals surface area contributed by atoms with E-state index in [1.807, 2.05) is 9.80 Å². The van der Waals surface area contributed by atoms with Crippen molar-refractivity contribution in [2.45, 2.75) is 11.1 Å². The van der Waals surface area contributed by atoms with Crippen LogP contribution in [0.2, 0.25) is 10.0 Å². The maximum atomic E-state index is 12.6. The molecule has 0 amide bonds. The zero-order valence-electron chi connectivity index (χ0n) is 15.2. The largest absolute Gasteiger partial charge is 0.417 e. The molecule has 1 aliphatic rings. The molecule has 0 aliphatic carbocycles. The molecule has 1 aromatic heterocycles. The van der Waals surface area contributed by atoms with Gasteiger partial charge in [-0.25, -0.2) is 13.4 Å². The van der Waals surface area contributed by atoms with Gasteiger partial charge >= 0.3 is 6.18 Å². The van der Waals surface area contributed by atoms with Crippen molar-refractivity contribution in [3.05, 3.63) is 52.1 Å². The van der Waals surface area contributed by atoms with E-state index in [2.05, 4.69) is 4.98 Å². The summed E-state index contributed by atoms with van der Waals surface area (Å²) in [7, 11) is -3.59. The van der Waals surface area contributed by atoms with Crippen LogP contribution in [0.5, 0.6) is 0 Å². The molecule has 0 bridgehead atoms. The van der Waals surface area contributed by atoms with Gasteiger partial charge in [0.25, 0.3) is 0 Å². The first kappa shape index (κ1) is 22.1. The Morgan fingerprint density at radius 3 is 2.31 bits per heavy atom. The molecular weight excluding hydrogens is 450 g/mol. The monoisotopic (exact) mass is 467 g/mol. The number of sulfone groups is 1. The van der Waals surface area contributed by atoms with E-state index in [9.17, 15) is 21.6 Å². The van der Waals surface area contributed by atoms with Crippen LogP contribution < -0.4 is 4.90 Å². The number of rotatable bonds is 5. The molecule has 29 heavy (non-hydrogen) atoms. The predicted molar refractivity (Wildman–Crippen MR) is 106 cm³/mol. The highest BCUT2D eigenvalue weighted by Gasteiger charge is 2.31. The summed E-state index contributed by atoms with van der Waals surface area (Å²) in [6.07, 6.45) is -3.59. The fourth-order valence-corrected chi connectivity index (χ4v) is 5.11. The van der Waals surface area contributed by atoms with Crippen LogP contribution in [0.1, 0.15) is 5.56 Å². The molecule has 11 heteroatoms. The molecule has 0 unspecified atom stereocenters. The van der Waals surface area contributed by atoms with Gasteiger partial charge in [0, 0.05) is 43.9 Å². The van der Waals surface area contributed by atoms with Crippen LogP contribution in [0.3, 0.4) is 0 Å². The van der Waals surface area contributed by atoms with Crippen molar-refractivity contribution in [1.29, 1.82) is 0 Å². The van der Waals surface area contributed by atoms with Crippen molar-refractivity contribution in [2.75, 3.05) is 43.4 Å². The number of piperazine rings is 1. The highest BCUT2D eigenvalue weighted by Crippen LogP contribution is 2.29. The molecule has 0 saturated carbocycles. The number of nitrogens with zero attached hydrogens (tertiary/aromatic N) is 3. The second-order valence-corrected chi connectivity index (χ2v) is 9.55. The molecule has 3 rings (SSSR count). The zero-order chi connectivity index (χ0) is 21.2. The average Bonchev–Trinajstić information content (AvgIpc) is 2.68. The lowest BCUT2D eigenvalue weighted by atomic mass is 10.2. The summed E-state index contributed by atoms with van der Waals surface area (Å²) in [6, 6.07) is 6.68. The molecule has 1 fully saturated rings. The Kier molecular flexibility index (Phi) is 6.62. The van der Waals surface area contributed by atoms with Gasteiger partial charge in [-0.3, -0.25) is 4.90 Å². The first-order valence-electron chi connectivity index (χ1n) is 8.74. The Balaban J connectivity index is 1.55. The van der Waals surface area contributed by atoms with Gasteiger partial charge in [-0.2, -0.15) is 13.2 Å². The Labute approximate surface area is 177 Å². The van der Waals surface area contributed by atoms with Crippen molar-refractivity contribution in [1.82, 2.24) is 9.88 Å². The normalized spacial score (nSPS) is 16.2. The quantitative estimate of drug-likeness (QED) is 0.664. The van der Waals surface area contributed by atoms with Crippen molar-refractivity contribution in [2.24, 2.45) is 0 Å². The van der Waals surface area contributed by atoms with Gasteiger partial charge in [0.05, 0.1) is 21.2 Å². The van der Waals surface area contributed by atoms with Crippen molar-refractivity contribution < 1.29 is 21.6 Å². The fraction of sp³-hybridized carbons (Fsp3) is 0.389. The Bertz CT molecular complexity index is 961. The second kappa shape index (κ2) is 8.67. The minimum atomic E-state index is -4.42. The molecule has 1 saturated heterocycles. The van der Waals surface area contributed by atoms with E-state index in [0.29, 0.717) is 43.6 Å². The Morgan fingerprint density at radius 1 is 1.03 bits per heavy atom. The number of benzene rings is 1. The third-order valence-electron chi connectivity index (χ3n) is 4.68. The van der Waals surface area contributed by atoms with E-state index < -0.39 is 21.6 Å². The smallest absolute Gasteiger partial charge is 0.354 e. The molecule has 0 spiro atoms. The summed E-state index contributed by atoms with van der Waals surface area (Å²) < 4.78 is 63.0. The van der Waals surface area contributed by atoms with Gasteiger partial charge in [0.1, 0.15) is 5.82 Å². The average molecular weight is 468 g/mol. The van der Waals surface area contributed by atoms with Crippen molar-refractivity contribution >= 4 is 38.9 Å². The van der Waals surface area contributed by atoms with E-state index in [-0.39, 0.29) is 15.7 Å². The van der Waals surface area contributed by atoms with Crippen LogP contribution in [0.15, 0.2) is 41.4 Å². The number of anilines is 1. The maximum Gasteiger partial charge on any atom is 0.417 e. The lowest BCUT2D eigenvalue weighted by Crippen LogP contribution is -2.47. The third kappa shape index (κ3) is 5.53. The number of hydrogen-bond donors (Lipinski definition) is 0. The van der Waals surface area contributed by atoms with Crippen LogP contribution >= 0.6 is 23.2 Å². The van der Waals surface area contributed by atoms with Gasteiger partial charge < -0.3 is 4.90 Å². The summed E-state index contributed by atoms with van der Waals surface area (Å²) in [5, 5.41) is 0.429. The van der Waals surface area contributed by atoms with Crippen molar-refractivity contribution in [3.63, 3.8) is 0 Å². The molecule has 2 aromatic rings. The second-order valence-electron chi connectivity index (χ2n) is 6.63. The van der Waals surface area contributed by atoms with Gasteiger partial charge in [-0.05, 0) is 30.3 Å². The number of halogens is 5. The van der Waals surface area contributed by atoms with E-state index in [1.165, 1.54) is 24.3 Å². The zero-order valence-corrected chi connectivity index (χ0v) is 17.5. The van der Waals surface area contributed by atoms with E-state index in [4.69, 9.17) is 23.2 Å². The molecule has 1 aromatic carbocycles. The summed E-state index contributed by atoms with van der Waals surface area (Å²) in [5.41, 5.74) is -0.787. The first-order chi connectivity index (χ1) is 13.6. The number of hydrogen-bond acceptors (Lipinski definition) is 5. The molecule has 158 valence electrons. The Morgan fingerprint density at radius 2 is 1.72 bits per heavy atom. The number of alkyl halides is 3. The topological polar surface area (TPSA) is 53.5 Å². The first-order valence-corrected chi connectivity index (χ1v) is 11.2. The van der Waals surface area contributed by atoms with Gasteiger partial charge in [0.2, 0.25) is 0 Å². The molecule has 0 atom stereocenters. The SMILES string of the molecule is O=S(=O)(CCN1CCN(c2ccc(C(F)(F)F)cn2)CC1)c1cc(Cl)ccc1Cl. The third-order valence-corrected chi connectivity index (χ3v) is 7.08. The van der Waals surface area contributed by atoms with Gasteiger partial charge in [0.15, 0.2) is 9.84 Å². The summed E-state index contributed by atoms with van der Waals surface area (Å²) in [5.74, 6) is 0.363. The van der Waals surface area contributed by atoms with Crippen LogP contribution in [0.4, 0.5) is 19.0 Å². The minimum Gasteiger partial charge on any atom is -0.354 e. The maximum absolute atomic E-state index is 12.6. The summed E-state index contributed by atoms with van der Waals surface area (Å²) in [4.78, 5) is 7.77. The van der Waals surface area contributed by atoms with E-state index >= 15 is 0 Å². The fourth-order valence-electron chi connectivity index (χ4n) is 3.02. The minimum absolute atomic E-state index is 0.0132. The summed E-state index contributed by atoms with van der Waals surface area (Å²) in [6.45, 7) is 2.54. The van der Waals surface area contributed by atoms with Gasteiger partial charge in [-0.1, -0.05) is 23.2 Å². The summed E-state index contributed by atoms with van der Waals surface area (Å²) >= 11 is 11.9. The molecule has 5 nitrogen and oxygen atoms in total. The molecule has 1 aliphatic heterocycles.